The molecule has 0 aliphatic carbocycles. The summed E-state index contributed by atoms with van der Waals surface area (Å²) in [6.07, 6.45) is 0. The van der Waals surface area contributed by atoms with Crippen molar-refractivity contribution in [1.82, 2.24) is 14.5 Å². The molecule has 1 aliphatic heterocycles. The molecule has 1 atom stereocenters. The van der Waals surface area contributed by atoms with Gasteiger partial charge in [-0.05, 0) is 45.9 Å². The van der Waals surface area contributed by atoms with E-state index in [-0.39, 0.29) is 0 Å². The number of benzene rings is 5. The minimum absolute atomic E-state index is 1.04. The first-order valence-corrected chi connectivity index (χ1v) is 15.3. The fraction of sp³-hybridized carbons (Fsp3) is 0. The van der Waals surface area contributed by atoms with Crippen LogP contribution in [0.25, 0.3) is 37.5 Å². The number of nitrogens with zero attached hydrogens (tertiary/aromatic N) is 3. The fourth-order valence-electron chi connectivity index (χ4n) is 5.93. The van der Waals surface area contributed by atoms with Gasteiger partial charge >= 0.3 is 0 Å². The molecule has 5 heteroatoms. The zero-order valence-electron chi connectivity index (χ0n) is 19.9. The Morgan fingerprint density at radius 3 is 2.22 bits per heavy atom. The number of hydrogen-bond donors (Lipinski definition) is 0. The Hall–Kier alpha value is -4.32. The molecule has 2 aromatic heterocycles. The number of hydrogen-bond acceptors (Lipinski definition) is 3. The van der Waals surface area contributed by atoms with Crippen molar-refractivity contribution in [3.8, 4) is 16.3 Å². The van der Waals surface area contributed by atoms with E-state index >= 15 is 0 Å². The van der Waals surface area contributed by atoms with Crippen molar-refractivity contribution in [3.63, 3.8) is 0 Å². The van der Waals surface area contributed by atoms with Gasteiger partial charge in [-0.15, -0.1) is 11.3 Å². The molecule has 7 aromatic rings. The lowest BCUT2D eigenvalue weighted by atomic mass is 10.2. The van der Waals surface area contributed by atoms with Gasteiger partial charge in [0.25, 0.3) is 0 Å². The topological polar surface area (TPSA) is 30.7 Å². The quantitative estimate of drug-likeness (QED) is 0.316. The summed E-state index contributed by atoms with van der Waals surface area (Å²) < 4.78 is 3.62. The molecule has 0 N–H and O–H groups in total. The third-order valence-corrected chi connectivity index (χ3v) is 13.2. The smallest absolute Gasteiger partial charge is 0.226 e. The van der Waals surface area contributed by atoms with Gasteiger partial charge in [-0.2, -0.15) is 0 Å². The summed E-state index contributed by atoms with van der Waals surface area (Å²) >= 11 is 1.75. The van der Waals surface area contributed by atoms with Crippen LogP contribution >= 0.6 is 11.3 Å². The van der Waals surface area contributed by atoms with Crippen LogP contribution in [0.5, 0.6) is 0 Å². The molecule has 0 spiro atoms. The van der Waals surface area contributed by atoms with Gasteiger partial charge in [-0.25, -0.2) is 9.97 Å². The first kappa shape index (κ1) is 20.8. The maximum atomic E-state index is 5.36. The van der Waals surface area contributed by atoms with Crippen LogP contribution in [-0.2, 0) is 0 Å². The number of rotatable bonds is 3. The molecule has 5 aromatic carbocycles. The monoisotopic (exact) mass is 507 g/mol. The van der Waals surface area contributed by atoms with Crippen LogP contribution < -0.4 is 21.0 Å². The molecule has 174 valence electrons. The van der Waals surface area contributed by atoms with Crippen molar-refractivity contribution in [1.29, 1.82) is 0 Å². The van der Waals surface area contributed by atoms with Gasteiger partial charge in [0, 0.05) is 11.3 Å². The standard InChI is InChI=1S/C32H21N3SSi/c1-2-12-23(13-3-1)37(24-14-10-11-22(21-24)31-33-26-16-5-8-19-29(26)36-31)30-20-9-7-18-28(30)35-27-17-6-4-15-25(27)34-32(35)37/h1-21H. The summed E-state index contributed by atoms with van der Waals surface area (Å²) in [5.41, 5.74) is 6.83. The molecule has 1 unspecified atom stereocenters. The number of fused-ring (bicyclic) bond motifs is 6. The van der Waals surface area contributed by atoms with Crippen molar-refractivity contribution < 1.29 is 0 Å². The number of aromatic nitrogens is 3. The first-order valence-electron chi connectivity index (χ1n) is 12.4. The van der Waals surface area contributed by atoms with Crippen LogP contribution in [0.2, 0.25) is 0 Å². The number of imidazole rings is 1. The van der Waals surface area contributed by atoms with Crippen molar-refractivity contribution in [2.24, 2.45) is 0 Å². The van der Waals surface area contributed by atoms with E-state index < -0.39 is 8.07 Å². The summed E-state index contributed by atoms with van der Waals surface area (Å²) in [7, 11) is -2.68. The third-order valence-electron chi connectivity index (χ3n) is 7.49. The molecule has 8 rings (SSSR count). The van der Waals surface area contributed by atoms with E-state index in [9.17, 15) is 0 Å². The second-order valence-electron chi connectivity index (χ2n) is 9.46. The largest absolute Gasteiger partial charge is 0.299 e. The molecule has 0 saturated carbocycles. The summed E-state index contributed by atoms with van der Waals surface area (Å²) in [5.74, 6) is 0. The Balaban J connectivity index is 1.47. The summed E-state index contributed by atoms with van der Waals surface area (Å²) in [4.78, 5) is 10.3. The highest BCUT2D eigenvalue weighted by atomic mass is 32.1. The van der Waals surface area contributed by atoms with E-state index in [1.54, 1.807) is 11.3 Å². The minimum atomic E-state index is -2.68. The lowest BCUT2D eigenvalue weighted by molar-refractivity contribution is 1.17. The van der Waals surface area contributed by atoms with Crippen LogP contribution in [0.4, 0.5) is 0 Å². The van der Waals surface area contributed by atoms with Crippen LogP contribution in [0, 0.1) is 0 Å². The zero-order valence-corrected chi connectivity index (χ0v) is 21.7. The highest BCUT2D eigenvalue weighted by Crippen LogP contribution is 2.31. The molecule has 0 amide bonds. The summed E-state index contributed by atoms with van der Waals surface area (Å²) in [5, 5.41) is 5.12. The van der Waals surface area contributed by atoms with E-state index in [0.29, 0.717) is 0 Å². The van der Waals surface area contributed by atoms with Crippen LogP contribution in [0.15, 0.2) is 127 Å². The van der Waals surface area contributed by atoms with E-state index in [0.717, 1.165) is 27.1 Å². The Bertz CT molecular complexity index is 1920. The lowest BCUT2D eigenvalue weighted by Gasteiger charge is -2.28. The molecule has 1 aliphatic rings. The van der Waals surface area contributed by atoms with Crippen molar-refractivity contribution in [2.45, 2.75) is 0 Å². The van der Waals surface area contributed by atoms with Gasteiger partial charge in [0.2, 0.25) is 8.07 Å². The second-order valence-corrected chi connectivity index (χ2v) is 14.1. The van der Waals surface area contributed by atoms with Crippen molar-refractivity contribution in [3.05, 3.63) is 127 Å². The van der Waals surface area contributed by atoms with E-state index in [1.165, 1.54) is 31.4 Å². The summed E-state index contributed by atoms with van der Waals surface area (Å²) in [6.45, 7) is 0. The van der Waals surface area contributed by atoms with Gasteiger partial charge in [0.1, 0.15) is 10.5 Å². The van der Waals surface area contributed by atoms with Crippen LogP contribution in [0.1, 0.15) is 0 Å². The fourth-order valence-corrected chi connectivity index (χ4v) is 11.8. The molecule has 3 nitrogen and oxygen atoms in total. The average molecular weight is 508 g/mol. The summed E-state index contributed by atoms with van der Waals surface area (Å²) in [6, 6.07) is 45.9. The lowest BCUT2D eigenvalue weighted by Crippen LogP contribution is -2.73. The highest BCUT2D eigenvalue weighted by molar-refractivity contribution is 7.22. The van der Waals surface area contributed by atoms with Crippen LogP contribution in [0.3, 0.4) is 0 Å². The SMILES string of the molecule is c1ccc([Si]2(c3cccc(-c4nc5ccccc5s4)c3)c3ccccc3-n3c2nc2ccccc23)cc1. The number of para-hydroxylation sites is 4. The Labute approximate surface area is 219 Å². The third kappa shape index (κ3) is 2.87. The first-order chi connectivity index (χ1) is 18.3. The minimum Gasteiger partial charge on any atom is -0.299 e. The molecular weight excluding hydrogens is 487 g/mol. The Kier molecular flexibility index (Phi) is 4.41. The predicted octanol–water partition coefficient (Wildman–Crippen LogP) is 4.99. The normalized spacial score (nSPS) is 16.2. The van der Waals surface area contributed by atoms with Gasteiger partial charge in [0.05, 0.1) is 21.3 Å². The molecule has 0 saturated heterocycles. The van der Waals surface area contributed by atoms with Crippen LogP contribution in [-0.4, -0.2) is 22.6 Å². The maximum Gasteiger partial charge on any atom is 0.226 e. The number of thiazole rings is 1. The van der Waals surface area contributed by atoms with Crippen molar-refractivity contribution >= 4 is 61.7 Å². The van der Waals surface area contributed by atoms with Gasteiger partial charge in [0.15, 0.2) is 0 Å². The molecule has 0 bridgehead atoms. The van der Waals surface area contributed by atoms with Gasteiger partial charge in [-0.1, -0.05) is 97.1 Å². The van der Waals surface area contributed by atoms with Gasteiger partial charge < -0.3 is 0 Å². The van der Waals surface area contributed by atoms with E-state index in [4.69, 9.17) is 9.97 Å². The molecule has 0 radical (unpaired) electrons. The second kappa shape index (κ2) is 7.84. The van der Waals surface area contributed by atoms with Gasteiger partial charge in [-0.3, -0.25) is 4.57 Å². The molecule has 3 heterocycles. The zero-order chi connectivity index (χ0) is 24.4. The van der Waals surface area contributed by atoms with E-state index in [1.807, 2.05) is 0 Å². The van der Waals surface area contributed by atoms with Crippen molar-refractivity contribution in [2.75, 3.05) is 0 Å². The maximum absolute atomic E-state index is 5.36. The predicted molar refractivity (Wildman–Crippen MR) is 157 cm³/mol. The highest BCUT2D eigenvalue weighted by Gasteiger charge is 2.51. The molecule has 0 fully saturated rings. The molecule has 37 heavy (non-hydrogen) atoms. The average Bonchev–Trinajstić information content (AvgIpc) is 3.64. The molecular formula is C32H21N3SSi. The Morgan fingerprint density at radius 2 is 1.32 bits per heavy atom. The Morgan fingerprint density at radius 1 is 0.595 bits per heavy atom. The van der Waals surface area contributed by atoms with E-state index in [2.05, 4.69) is 132 Å².